The molecule has 0 bridgehead atoms. The van der Waals surface area contributed by atoms with Gasteiger partial charge in [0, 0.05) is 46.2 Å². The summed E-state index contributed by atoms with van der Waals surface area (Å²) in [6.07, 6.45) is 3.09. The molecule has 2 aromatic carbocycles. The van der Waals surface area contributed by atoms with Crippen LogP contribution in [0.2, 0.25) is 5.02 Å². The van der Waals surface area contributed by atoms with Crippen LogP contribution in [0.4, 0.5) is 5.69 Å². The van der Waals surface area contributed by atoms with Gasteiger partial charge in [0.05, 0.1) is 18.9 Å². The van der Waals surface area contributed by atoms with Crippen LogP contribution in [0.15, 0.2) is 83.9 Å². The summed E-state index contributed by atoms with van der Waals surface area (Å²) in [6, 6.07) is 15.9. The van der Waals surface area contributed by atoms with Gasteiger partial charge in [0.2, 0.25) is 5.91 Å². The SMILES string of the molecule is COc1cn([C@H](Cc2ccccn2)C(=O)Nc2ccc(C(=O)O)cc2)c(=O)cc1-c1cc(Cl)ccc1C(C)=O. The number of carbonyl (C=O) groups is 3. The zero-order valence-corrected chi connectivity index (χ0v) is 21.8. The summed E-state index contributed by atoms with van der Waals surface area (Å²) >= 11 is 6.20. The molecule has 0 saturated carbocycles. The Hall–Kier alpha value is -4.76. The zero-order valence-electron chi connectivity index (χ0n) is 21.1. The van der Waals surface area contributed by atoms with E-state index in [-0.39, 0.29) is 23.5 Å². The second-order valence-corrected chi connectivity index (χ2v) is 9.10. The van der Waals surface area contributed by atoms with E-state index in [1.807, 2.05) is 0 Å². The maximum atomic E-state index is 13.5. The van der Waals surface area contributed by atoms with Crippen LogP contribution in [0.3, 0.4) is 0 Å². The number of anilines is 1. The molecule has 2 heterocycles. The second kappa shape index (κ2) is 11.7. The number of methoxy groups -OCH3 is 1. The topological polar surface area (TPSA) is 128 Å². The fraction of sp³-hybridized carbons (Fsp3) is 0.138. The Morgan fingerprint density at radius 2 is 1.79 bits per heavy atom. The minimum atomic E-state index is -1.09. The smallest absolute Gasteiger partial charge is 0.335 e. The number of halogens is 1. The molecule has 0 aliphatic heterocycles. The average molecular weight is 546 g/mol. The predicted molar refractivity (Wildman–Crippen MR) is 147 cm³/mol. The molecule has 0 radical (unpaired) electrons. The summed E-state index contributed by atoms with van der Waals surface area (Å²) in [6.45, 7) is 1.41. The summed E-state index contributed by atoms with van der Waals surface area (Å²) in [5, 5.41) is 12.3. The molecule has 1 amide bonds. The van der Waals surface area contributed by atoms with Gasteiger partial charge in [0.25, 0.3) is 5.56 Å². The highest BCUT2D eigenvalue weighted by Crippen LogP contribution is 2.34. The first-order chi connectivity index (χ1) is 18.7. The molecule has 1 atom stereocenters. The Labute approximate surface area is 228 Å². The lowest BCUT2D eigenvalue weighted by Crippen LogP contribution is -2.34. The molecule has 198 valence electrons. The number of benzene rings is 2. The number of amides is 1. The number of hydrogen-bond donors (Lipinski definition) is 2. The van der Waals surface area contributed by atoms with Crippen LogP contribution in [-0.4, -0.2) is 39.4 Å². The molecular formula is C29H24ClN3O6. The molecule has 4 rings (SSSR count). The number of carbonyl (C=O) groups excluding carboxylic acids is 2. The van der Waals surface area contributed by atoms with Gasteiger partial charge in [0.15, 0.2) is 5.78 Å². The standard InChI is InChI=1S/C29H24ClN3O6/c1-17(34)22-11-8-19(30)13-23(22)24-15-27(35)33(16-26(24)39-2)25(14-21-5-3-4-12-31-21)28(36)32-20-9-6-18(7-10-20)29(37)38/h3-13,15-16,25H,14H2,1-2H3,(H,32,36)(H,37,38)/t25-/m1/s1. The van der Waals surface area contributed by atoms with Crippen molar-refractivity contribution >= 4 is 34.9 Å². The van der Waals surface area contributed by atoms with Gasteiger partial charge < -0.3 is 15.2 Å². The van der Waals surface area contributed by atoms with Crippen molar-refractivity contribution in [3.05, 3.63) is 111 Å². The quantitative estimate of drug-likeness (QED) is 0.286. The number of pyridine rings is 2. The molecule has 0 saturated heterocycles. The van der Waals surface area contributed by atoms with Gasteiger partial charge >= 0.3 is 5.97 Å². The molecular weight excluding hydrogens is 522 g/mol. The number of aromatic carboxylic acids is 1. The number of carboxylic acid groups (broad SMARTS) is 1. The van der Waals surface area contributed by atoms with E-state index in [1.54, 1.807) is 42.6 Å². The van der Waals surface area contributed by atoms with E-state index in [0.717, 1.165) is 0 Å². The molecule has 4 aromatic rings. The lowest BCUT2D eigenvalue weighted by atomic mass is 9.97. The number of aromatic nitrogens is 2. The number of ketones is 1. The predicted octanol–water partition coefficient (Wildman–Crippen LogP) is 4.90. The maximum absolute atomic E-state index is 13.5. The van der Waals surface area contributed by atoms with Crippen LogP contribution in [0.5, 0.6) is 5.75 Å². The molecule has 39 heavy (non-hydrogen) atoms. The normalized spacial score (nSPS) is 11.5. The van der Waals surface area contributed by atoms with Crippen LogP contribution in [0.25, 0.3) is 11.1 Å². The van der Waals surface area contributed by atoms with Crippen molar-refractivity contribution in [2.45, 2.75) is 19.4 Å². The molecule has 0 aliphatic rings. The average Bonchev–Trinajstić information content (AvgIpc) is 2.92. The van der Waals surface area contributed by atoms with E-state index in [9.17, 15) is 19.2 Å². The fourth-order valence-electron chi connectivity index (χ4n) is 4.15. The van der Waals surface area contributed by atoms with Gasteiger partial charge in [-0.3, -0.25) is 23.9 Å². The number of nitrogens with zero attached hydrogens (tertiary/aromatic N) is 2. The van der Waals surface area contributed by atoms with E-state index in [0.29, 0.717) is 33.1 Å². The van der Waals surface area contributed by atoms with Crippen LogP contribution in [0.1, 0.15) is 39.4 Å². The number of rotatable bonds is 9. The van der Waals surface area contributed by atoms with E-state index in [2.05, 4.69) is 10.3 Å². The Bertz CT molecular complexity index is 1600. The Balaban J connectivity index is 1.79. The van der Waals surface area contributed by atoms with Gasteiger partial charge in [-0.1, -0.05) is 17.7 Å². The van der Waals surface area contributed by atoms with Crippen molar-refractivity contribution in [2.75, 3.05) is 12.4 Å². The van der Waals surface area contributed by atoms with Crippen molar-refractivity contribution in [3.8, 4) is 16.9 Å². The molecule has 0 fully saturated rings. The molecule has 0 unspecified atom stereocenters. The van der Waals surface area contributed by atoms with Gasteiger partial charge in [-0.2, -0.15) is 0 Å². The van der Waals surface area contributed by atoms with Gasteiger partial charge in [-0.25, -0.2) is 4.79 Å². The van der Waals surface area contributed by atoms with E-state index >= 15 is 0 Å². The van der Waals surface area contributed by atoms with Crippen LogP contribution in [-0.2, 0) is 11.2 Å². The molecule has 9 nitrogen and oxygen atoms in total. The summed E-state index contributed by atoms with van der Waals surface area (Å²) in [4.78, 5) is 54.7. The molecule has 2 aromatic heterocycles. The summed E-state index contributed by atoms with van der Waals surface area (Å²) in [7, 11) is 1.42. The first-order valence-corrected chi connectivity index (χ1v) is 12.2. The minimum Gasteiger partial charge on any atom is -0.495 e. The van der Waals surface area contributed by atoms with Gasteiger partial charge in [0.1, 0.15) is 11.8 Å². The number of carboxylic acids is 1. The monoisotopic (exact) mass is 545 g/mol. The molecule has 2 N–H and O–H groups in total. The zero-order chi connectivity index (χ0) is 28.1. The lowest BCUT2D eigenvalue weighted by molar-refractivity contribution is -0.119. The van der Waals surface area contributed by atoms with Gasteiger partial charge in [-0.05, 0) is 67.1 Å². The van der Waals surface area contributed by atoms with Crippen LogP contribution in [0, 0.1) is 0 Å². The van der Waals surface area contributed by atoms with Crippen molar-refractivity contribution < 1.29 is 24.2 Å². The Kier molecular flexibility index (Phi) is 8.21. The summed E-state index contributed by atoms with van der Waals surface area (Å²) < 4.78 is 6.83. The van der Waals surface area contributed by atoms with E-state index in [4.69, 9.17) is 21.4 Å². The number of ether oxygens (including phenoxy) is 1. The highest BCUT2D eigenvalue weighted by Gasteiger charge is 2.25. The largest absolute Gasteiger partial charge is 0.495 e. The Morgan fingerprint density at radius 3 is 2.41 bits per heavy atom. The first-order valence-electron chi connectivity index (χ1n) is 11.8. The minimum absolute atomic E-state index is 0.0699. The summed E-state index contributed by atoms with van der Waals surface area (Å²) in [5.74, 6) is -1.57. The molecule has 10 heteroatoms. The van der Waals surface area contributed by atoms with Gasteiger partial charge in [-0.15, -0.1) is 0 Å². The second-order valence-electron chi connectivity index (χ2n) is 8.66. The third-order valence-electron chi connectivity index (χ3n) is 6.08. The van der Waals surface area contributed by atoms with E-state index < -0.39 is 23.5 Å². The van der Waals surface area contributed by atoms with Crippen molar-refractivity contribution in [1.82, 2.24) is 9.55 Å². The van der Waals surface area contributed by atoms with Crippen LogP contribution >= 0.6 is 11.6 Å². The van der Waals surface area contributed by atoms with Crippen molar-refractivity contribution in [3.63, 3.8) is 0 Å². The molecule has 0 aliphatic carbocycles. The first kappa shape index (κ1) is 27.3. The third kappa shape index (κ3) is 6.22. The summed E-state index contributed by atoms with van der Waals surface area (Å²) in [5.41, 5.74) is 1.63. The van der Waals surface area contributed by atoms with Crippen molar-refractivity contribution in [2.24, 2.45) is 0 Å². The van der Waals surface area contributed by atoms with Crippen molar-refractivity contribution in [1.29, 1.82) is 0 Å². The maximum Gasteiger partial charge on any atom is 0.335 e. The Morgan fingerprint density at radius 1 is 1.05 bits per heavy atom. The lowest BCUT2D eigenvalue weighted by Gasteiger charge is -2.21. The fourth-order valence-corrected chi connectivity index (χ4v) is 4.32. The third-order valence-corrected chi connectivity index (χ3v) is 6.32. The number of nitrogens with one attached hydrogen (secondary N) is 1. The number of Topliss-reactive ketones (excluding diaryl/α,β-unsaturated/α-hetero) is 1. The van der Waals surface area contributed by atoms with Crippen LogP contribution < -0.4 is 15.6 Å². The van der Waals surface area contributed by atoms with E-state index in [1.165, 1.54) is 55.1 Å². The number of hydrogen-bond acceptors (Lipinski definition) is 6. The highest BCUT2D eigenvalue weighted by atomic mass is 35.5. The molecule has 0 spiro atoms. The highest BCUT2D eigenvalue weighted by molar-refractivity contribution is 6.31.